The van der Waals surface area contributed by atoms with Crippen LogP contribution in [0.5, 0.6) is 0 Å². The Hall–Kier alpha value is -0.266. The van der Waals surface area contributed by atoms with Gasteiger partial charge in [0.25, 0.3) is 0 Å². The summed E-state index contributed by atoms with van der Waals surface area (Å²) < 4.78 is 0. The van der Waals surface area contributed by atoms with E-state index in [0.717, 1.165) is 0 Å². The van der Waals surface area contributed by atoms with Crippen molar-refractivity contribution >= 4 is 16.1 Å². The monoisotopic (exact) mass is 252 g/mol. The van der Waals surface area contributed by atoms with E-state index < -0.39 is 16.1 Å². The molecular formula is C14H28Si2. The highest BCUT2D eigenvalue weighted by molar-refractivity contribution is 6.86. The lowest BCUT2D eigenvalue weighted by molar-refractivity contribution is 0.814. The standard InChI is InChI=1S/C14H28Si2/c1-8-9-10-11-14(16(5,6)7)12-13-15(2,3)4/h11H,8-10H2,1-7H3/b14-11-. The molecule has 0 saturated carbocycles. The molecule has 92 valence electrons. The Morgan fingerprint density at radius 3 is 2.00 bits per heavy atom. The zero-order valence-electron chi connectivity index (χ0n) is 12.2. The van der Waals surface area contributed by atoms with Crippen LogP contribution in [0, 0.1) is 11.5 Å². The van der Waals surface area contributed by atoms with Crippen LogP contribution in [0.3, 0.4) is 0 Å². The Bertz CT molecular complexity index is 289. The molecule has 0 saturated heterocycles. The van der Waals surface area contributed by atoms with Crippen LogP contribution in [0.15, 0.2) is 11.3 Å². The zero-order chi connectivity index (χ0) is 12.8. The van der Waals surface area contributed by atoms with Gasteiger partial charge in [0, 0.05) is 0 Å². The molecule has 0 aromatic rings. The SMILES string of the molecule is CCCC/C=C(/C#C[Si](C)(C)C)[Si](C)(C)C. The molecule has 0 unspecified atom stereocenters. The van der Waals surface area contributed by atoms with Crippen molar-refractivity contribution in [1.29, 1.82) is 0 Å². The molecule has 0 heterocycles. The molecule has 0 aromatic heterocycles. The van der Waals surface area contributed by atoms with E-state index in [2.05, 4.69) is 63.7 Å². The predicted octanol–water partition coefficient (Wildman–Crippen LogP) is 4.86. The second-order valence-corrected chi connectivity index (χ2v) is 16.3. The first-order valence-corrected chi connectivity index (χ1v) is 13.4. The van der Waals surface area contributed by atoms with Gasteiger partial charge >= 0.3 is 0 Å². The lowest BCUT2D eigenvalue weighted by Gasteiger charge is -2.16. The maximum Gasteiger partial charge on any atom is 0.129 e. The van der Waals surface area contributed by atoms with Gasteiger partial charge in [-0.05, 0) is 11.6 Å². The molecule has 0 aliphatic rings. The molecule has 0 N–H and O–H groups in total. The molecule has 0 radical (unpaired) electrons. The molecule has 2 heteroatoms. The molecule has 0 nitrogen and oxygen atoms in total. The summed E-state index contributed by atoms with van der Waals surface area (Å²) >= 11 is 0. The largest absolute Gasteiger partial charge is 0.129 e. The first-order chi connectivity index (χ1) is 7.17. The minimum absolute atomic E-state index is 1.20. The van der Waals surface area contributed by atoms with E-state index in [4.69, 9.17) is 0 Å². The Morgan fingerprint density at radius 2 is 1.62 bits per heavy atom. The lowest BCUT2D eigenvalue weighted by Crippen LogP contribution is -2.24. The maximum atomic E-state index is 3.51. The van der Waals surface area contributed by atoms with Crippen molar-refractivity contribution in [3.05, 3.63) is 11.3 Å². The molecule has 0 aliphatic heterocycles. The maximum absolute atomic E-state index is 3.51. The summed E-state index contributed by atoms with van der Waals surface area (Å²) in [7, 11) is -2.45. The summed E-state index contributed by atoms with van der Waals surface area (Å²) in [4.78, 5) is 0. The molecule has 0 bridgehead atoms. The highest BCUT2D eigenvalue weighted by atomic mass is 28.3. The van der Waals surface area contributed by atoms with Crippen LogP contribution in [-0.2, 0) is 0 Å². The van der Waals surface area contributed by atoms with Gasteiger partial charge in [-0.1, -0.05) is 71.0 Å². The Balaban J connectivity index is 4.82. The minimum Gasteiger partial charge on any atom is -0.127 e. The molecule has 16 heavy (non-hydrogen) atoms. The number of rotatable bonds is 4. The van der Waals surface area contributed by atoms with Gasteiger partial charge in [0.15, 0.2) is 0 Å². The van der Waals surface area contributed by atoms with Crippen molar-refractivity contribution in [2.75, 3.05) is 0 Å². The molecule has 0 atom stereocenters. The van der Waals surface area contributed by atoms with Crippen LogP contribution in [-0.4, -0.2) is 16.1 Å². The first kappa shape index (κ1) is 15.7. The molecule has 0 amide bonds. The van der Waals surface area contributed by atoms with Crippen LogP contribution in [0.1, 0.15) is 26.2 Å². The second kappa shape index (κ2) is 6.46. The highest BCUT2D eigenvalue weighted by Gasteiger charge is 2.18. The Kier molecular flexibility index (Phi) is 6.36. The van der Waals surface area contributed by atoms with E-state index in [1.54, 1.807) is 0 Å². The molecule has 0 spiro atoms. The summed E-state index contributed by atoms with van der Waals surface area (Å²) in [6.07, 6.45) is 6.18. The quantitative estimate of drug-likeness (QED) is 0.381. The number of hydrogen-bond acceptors (Lipinski definition) is 0. The fraction of sp³-hybridized carbons (Fsp3) is 0.714. The van der Waals surface area contributed by atoms with Gasteiger partial charge < -0.3 is 0 Å². The molecule has 0 aliphatic carbocycles. The number of hydrogen-bond donors (Lipinski definition) is 0. The van der Waals surface area contributed by atoms with E-state index in [1.165, 1.54) is 24.5 Å². The van der Waals surface area contributed by atoms with Gasteiger partial charge in [0.05, 0.1) is 8.07 Å². The van der Waals surface area contributed by atoms with Gasteiger partial charge in [-0.15, -0.1) is 5.54 Å². The summed E-state index contributed by atoms with van der Waals surface area (Å²) in [6.45, 7) is 16.4. The molecule has 0 fully saturated rings. The number of unbranched alkanes of at least 4 members (excludes halogenated alkanes) is 2. The van der Waals surface area contributed by atoms with Crippen molar-refractivity contribution in [2.45, 2.75) is 65.5 Å². The van der Waals surface area contributed by atoms with Crippen molar-refractivity contribution in [3.8, 4) is 11.5 Å². The van der Waals surface area contributed by atoms with Crippen molar-refractivity contribution in [3.63, 3.8) is 0 Å². The summed E-state index contributed by atoms with van der Waals surface area (Å²) in [6, 6.07) is 0. The van der Waals surface area contributed by atoms with Crippen LogP contribution < -0.4 is 0 Å². The van der Waals surface area contributed by atoms with Crippen molar-refractivity contribution in [2.24, 2.45) is 0 Å². The lowest BCUT2D eigenvalue weighted by atomic mass is 10.2. The summed E-state index contributed by atoms with van der Waals surface area (Å²) in [5, 5.41) is 1.46. The zero-order valence-corrected chi connectivity index (χ0v) is 14.2. The predicted molar refractivity (Wildman–Crippen MR) is 82.1 cm³/mol. The average Bonchev–Trinajstić information content (AvgIpc) is 2.07. The van der Waals surface area contributed by atoms with Crippen LogP contribution in [0.25, 0.3) is 0 Å². The Morgan fingerprint density at radius 1 is 1.06 bits per heavy atom. The van der Waals surface area contributed by atoms with Gasteiger partial charge in [0.1, 0.15) is 8.07 Å². The topological polar surface area (TPSA) is 0 Å². The smallest absolute Gasteiger partial charge is 0.127 e. The number of allylic oxidation sites excluding steroid dienone is 2. The molecule has 0 aromatic carbocycles. The third-order valence-electron chi connectivity index (χ3n) is 2.29. The highest BCUT2D eigenvalue weighted by Crippen LogP contribution is 2.15. The van der Waals surface area contributed by atoms with Crippen LogP contribution in [0.2, 0.25) is 39.3 Å². The summed E-state index contributed by atoms with van der Waals surface area (Å²) in [5.74, 6) is 3.49. The van der Waals surface area contributed by atoms with E-state index in [9.17, 15) is 0 Å². The molecule has 0 rings (SSSR count). The van der Waals surface area contributed by atoms with E-state index in [0.29, 0.717) is 0 Å². The van der Waals surface area contributed by atoms with Crippen molar-refractivity contribution < 1.29 is 0 Å². The first-order valence-electron chi connectivity index (χ1n) is 6.40. The third kappa shape index (κ3) is 7.95. The third-order valence-corrected chi connectivity index (χ3v) is 5.11. The minimum atomic E-state index is -1.23. The van der Waals surface area contributed by atoms with Crippen molar-refractivity contribution in [1.82, 2.24) is 0 Å². The fourth-order valence-corrected chi connectivity index (χ4v) is 3.08. The Labute approximate surface area is 105 Å². The normalized spacial score (nSPS) is 13.3. The molecular weight excluding hydrogens is 224 g/mol. The van der Waals surface area contributed by atoms with Crippen LogP contribution in [0.4, 0.5) is 0 Å². The van der Waals surface area contributed by atoms with Gasteiger partial charge in [-0.25, -0.2) is 0 Å². The van der Waals surface area contributed by atoms with Gasteiger partial charge in [0.2, 0.25) is 0 Å². The second-order valence-electron chi connectivity index (χ2n) is 6.51. The van der Waals surface area contributed by atoms with Crippen LogP contribution >= 0.6 is 0 Å². The average molecular weight is 253 g/mol. The fourth-order valence-electron chi connectivity index (χ4n) is 1.25. The van der Waals surface area contributed by atoms with E-state index in [1.807, 2.05) is 0 Å². The van der Waals surface area contributed by atoms with E-state index >= 15 is 0 Å². The van der Waals surface area contributed by atoms with Gasteiger partial charge in [-0.3, -0.25) is 0 Å². The summed E-state index contributed by atoms with van der Waals surface area (Å²) in [5.41, 5.74) is 3.51. The van der Waals surface area contributed by atoms with Gasteiger partial charge in [-0.2, -0.15) is 0 Å². The van der Waals surface area contributed by atoms with E-state index in [-0.39, 0.29) is 0 Å².